The van der Waals surface area contributed by atoms with Crippen molar-refractivity contribution in [2.45, 2.75) is 25.4 Å². The monoisotopic (exact) mass is 246 g/mol. The summed E-state index contributed by atoms with van der Waals surface area (Å²) in [7, 11) is 0. The van der Waals surface area contributed by atoms with Crippen LogP contribution in [0.15, 0.2) is 18.5 Å². The zero-order valence-corrected chi connectivity index (χ0v) is 9.87. The van der Waals surface area contributed by atoms with Crippen molar-refractivity contribution in [1.29, 1.82) is 0 Å². The third-order valence-electron chi connectivity index (χ3n) is 3.34. The summed E-state index contributed by atoms with van der Waals surface area (Å²) in [6.07, 6.45) is 5.31. The number of hydrogen-bond donors (Lipinski definition) is 1. The largest absolute Gasteiger partial charge is 0.345 e. The van der Waals surface area contributed by atoms with Gasteiger partial charge in [0.15, 0.2) is 0 Å². The van der Waals surface area contributed by atoms with Crippen LogP contribution in [0, 0.1) is 5.92 Å². The molecule has 1 aliphatic heterocycles. The number of rotatable bonds is 3. The molecule has 1 unspecified atom stereocenters. The van der Waals surface area contributed by atoms with E-state index in [-0.39, 0.29) is 24.4 Å². The van der Waals surface area contributed by atoms with E-state index in [1.165, 1.54) is 0 Å². The lowest BCUT2D eigenvalue weighted by atomic mass is 10.1. The molecule has 1 N–H and O–H groups in total. The maximum atomic E-state index is 11.9. The Morgan fingerprint density at radius 3 is 2.67 bits per heavy atom. The van der Waals surface area contributed by atoms with Gasteiger partial charge in [-0.15, -0.1) is 0 Å². The van der Waals surface area contributed by atoms with Gasteiger partial charge in [0.1, 0.15) is 11.9 Å². The Balaban J connectivity index is 1.82. The summed E-state index contributed by atoms with van der Waals surface area (Å²) in [5.74, 6) is 0.774. The van der Waals surface area contributed by atoms with Crippen LogP contribution in [-0.4, -0.2) is 39.3 Å². The first-order valence-electron chi connectivity index (χ1n) is 6.09. The molecule has 0 spiro atoms. The van der Waals surface area contributed by atoms with Crippen LogP contribution in [0.1, 0.15) is 18.7 Å². The summed E-state index contributed by atoms with van der Waals surface area (Å²) < 4.78 is 0. The summed E-state index contributed by atoms with van der Waals surface area (Å²) in [6, 6.07) is 1.39. The molecule has 1 saturated carbocycles. The van der Waals surface area contributed by atoms with Crippen LogP contribution in [0.5, 0.6) is 0 Å². The second-order valence-electron chi connectivity index (χ2n) is 4.69. The minimum Gasteiger partial charge on any atom is -0.345 e. The van der Waals surface area contributed by atoms with Gasteiger partial charge >= 0.3 is 0 Å². The number of piperazine rings is 1. The van der Waals surface area contributed by atoms with Crippen molar-refractivity contribution in [3.63, 3.8) is 0 Å². The van der Waals surface area contributed by atoms with E-state index in [9.17, 15) is 9.59 Å². The van der Waals surface area contributed by atoms with Crippen molar-refractivity contribution in [3.8, 4) is 0 Å². The standard InChI is InChI=1S/C12H14N4O2/c17-10-6-15-12(18)11(8-2-3-8)16(10)7-9-13-4-1-5-14-9/h1,4-5,8,11H,2-3,6-7H2,(H,15,18). The average molecular weight is 246 g/mol. The number of nitrogens with zero attached hydrogens (tertiary/aromatic N) is 3. The highest BCUT2D eigenvalue weighted by atomic mass is 16.2. The van der Waals surface area contributed by atoms with E-state index in [1.54, 1.807) is 23.4 Å². The molecule has 2 fully saturated rings. The number of carbonyl (C=O) groups excluding carboxylic acids is 2. The number of amides is 2. The maximum absolute atomic E-state index is 11.9. The molecule has 1 aromatic rings. The SMILES string of the molecule is O=C1NCC(=O)N(Cc2ncccn2)C1C1CC1. The van der Waals surface area contributed by atoms with E-state index in [0.29, 0.717) is 18.3 Å². The zero-order chi connectivity index (χ0) is 12.5. The molecule has 3 rings (SSSR count). The van der Waals surface area contributed by atoms with Crippen LogP contribution >= 0.6 is 0 Å². The summed E-state index contributed by atoms with van der Waals surface area (Å²) in [5, 5.41) is 2.65. The molecule has 2 heterocycles. The van der Waals surface area contributed by atoms with Gasteiger partial charge < -0.3 is 10.2 Å². The normalized spacial score (nSPS) is 24.0. The summed E-state index contributed by atoms with van der Waals surface area (Å²) in [6.45, 7) is 0.392. The third-order valence-corrected chi connectivity index (χ3v) is 3.34. The molecule has 0 aromatic carbocycles. The van der Waals surface area contributed by atoms with Crippen LogP contribution in [0.4, 0.5) is 0 Å². The van der Waals surface area contributed by atoms with Crippen molar-refractivity contribution in [2.24, 2.45) is 5.92 Å². The molecule has 2 aliphatic rings. The second-order valence-corrected chi connectivity index (χ2v) is 4.69. The molecule has 0 radical (unpaired) electrons. The lowest BCUT2D eigenvalue weighted by molar-refractivity contribution is -0.147. The summed E-state index contributed by atoms with van der Waals surface area (Å²) in [4.78, 5) is 33.7. The molecular weight excluding hydrogens is 232 g/mol. The van der Waals surface area contributed by atoms with E-state index >= 15 is 0 Å². The van der Waals surface area contributed by atoms with Crippen molar-refractivity contribution >= 4 is 11.8 Å². The minimum atomic E-state index is -0.338. The van der Waals surface area contributed by atoms with E-state index in [1.807, 2.05) is 0 Å². The number of aromatic nitrogens is 2. The molecule has 18 heavy (non-hydrogen) atoms. The third kappa shape index (κ3) is 2.05. The quantitative estimate of drug-likeness (QED) is 0.795. The van der Waals surface area contributed by atoms with Crippen molar-refractivity contribution in [3.05, 3.63) is 24.3 Å². The van der Waals surface area contributed by atoms with Crippen LogP contribution in [-0.2, 0) is 16.1 Å². The zero-order valence-electron chi connectivity index (χ0n) is 9.87. The highest BCUT2D eigenvalue weighted by Gasteiger charge is 2.44. The van der Waals surface area contributed by atoms with E-state index in [4.69, 9.17) is 0 Å². The van der Waals surface area contributed by atoms with Crippen LogP contribution in [0.2, 0.25) is 0 Å². The minimum absolute atomic E-state index is 0.0481. The van der Waals surface area contributed by atoms with Gasteiger partial charge in [-0.2, -0.15) is 0 Å². The fraction of sp³-hybridized carbons (Fsp3) is 0.500. The smallest absolute Gasteiger partial charge is 0.243 e. The Morgan fingerprint density at radius 2 is 2.00 bits per heavy atom. The van der Waals surface area contributed by atoms with E-state index in [2.05, 4.69) is 15.3 Å². The topological polar surface area (TPSA) is 75.2 Å². The molecule has 1 atom stereocenters. The van der Waals surface area contributed by atoms with E-state index < -0.39 is 0 Å². The summed E-state index contributed by atoms with van der Waals surface area (Å²) >= 11 is 0. The van der Waals surface area contributed by atoms with Gasteiger partial charge in [-0.05, 0) is 24.8 Å². The molecule has 2 amide bonds. The highest BCUT2D eigenvalue weighted by molar-refractivity contribution is 5.95. The van der Waals surface area contributed by atoms with Gasteiger partial charge in [-0.3, -0.25) is 9.59 Å². The molecule has 1 aliphatic carbocycles. The van der Waals surface area contributed by atoms with Gasteiger partial charge in [0, 0.05) is 12.4 Å². The molecule has 6 heteroatoms. The Bertz CT molecular complexity index is 472. The maximum Gasteiger partial charge on any atom is 0.243 e. The number of carbonyl (C=O) groups is 2. The van der Waals surface area contributed by atoms with Gasteiger partial charge in [0.05, 0.1) is 13.1 Å². The fourth-order valence-electron chi connectivity index (χ4n) is 2.30. The van der Waals surface area contributed by atoms with Crippen LogP contribution in [0.3, 0.4) is 0 Å². The van der Waals surface area contributed by atoms with Gasteiger partial charge in [0.25, 0.3) is 0 Å². The molecule has 1 saturated heterocycles. The van der Waals surface area contributed by atoms with Gasteiger partial charge in [0.2, 0.25) is 11.8 Å². The van der Waals surface area contributed by atoms with Crippen molar-refractivity contribution in [1.82, 2.24) is 20.2 Å². The molecule has 0 bridgehead atoms. The highest BCUT2D eigenvalue weighted by Crippen LogP contribution is 2.36. The van der Waals surface area contributed by atoms with Crippen molar-refractivity contribution < 1.29 is 9.59 Å². The molecule has 6 nitrogen and oxygen atoms in total. The first kappa shape index (κ1) is 11.1. The predicted octanol–water partition coefficient (Wildman–Crippen LogP) is -0.286. The van der Waals surface area contributed by atoms with Gasteiger partial charge in [-0.25, -0.2) is 9.97 Å². The van der Waals surface area contributed by atoms with E-state index in [0.717, 1.165) is 12.8 Å². The summed E-state index contributed by atoms with van der Waals surface area (Å²) in [5.41, 5.74) is 0. The Hall–Kier alpha value is -1.98. The number of nitrogens with one attached hydrogen (secondary N) is 1. The Morgan fingerprint density at radius 1 is 1.28 bits per heavy atom. The fourth-order valence-corrected chi connectivity index (χ4v) is 2.30. The average Bonchev–Trinajstić information content (AvgIpc) is 3.20. The van der Waals surface area contributed by atoms with Gasteiger partial charge in [-0.1, -0.05) is 0 Å². The first-order chi connectivity index (χ1) is 8.75. The first-order valence-corrected chi connectivity index (χ1v) is 6.09. The lowest BCUT2D eigenvalue weighted by Gasteiger charge is -2.34. The second kappa shape index (κ2) is 4.36. The van der Waals surface area contributed by atoms with Crippen LogP contribution < -0.4 is 5.32 Å². The molecule has 94 valence electrons. The molecule has 1 aromatic heterocycles. The Kier molecular flexibility index (Phi) is 2.70. The lowest BCUT2D eigenvalue weighted by Crippen LogP contribution is -2.58. The van der Waals surface area contributed by atoms with Crippen molar-refractivity contribution in [2.75, 3.05) is 6.54 Å². The predicted molar refractivity (Wildman–Crippen MR) is 62.1 cm³/mol. The number of hydrogen-bond acceptors (Lipinski definition) is 4. The molecular formula is C12H14N4O2. The Labute approximate surface area is 104 Å². The van der Waals surface area contributed by atoms with Crippen LogP contribution in [0.25, 0.3) is 0 Å².